The summed E-state index contributed by atoms with van der Waals surface area (Å²) in [5, 5.41) is 0.764. The van der Waals surface area contributed by atoms with E-state index in [-0.39, 0.29) is 17.0 Å². The molecule has 6 heteroatoms. The highest BCUT2D eigenvalue weighted by atomic mass is 32.2. The molecular weight excluding hydrogens is 348 g/mol. The molecule has 0 aliphatic heterocycles. The van der Waals surface area contributed by atoms with Crippen molar-refractivity contribution in [2.24, 2.45) is 16.7 Å². The van der Waals surface area contributed by atoms with E-state index < -0.39 is 15.4 Å². The number of aromatic nitrogens is 1. The molecule has 2 fully saturated rings. The second-order valence-electron chi connectivity index (χ2n) is 8.36. The number of hydrogen-bond acceptors (Lipinski definition) is 4. The first kappa shape index (κ1) is 17.5. The number of carbonyl (C=O) groups excluding carboxylic acids is 1. The Balaban J connectivity index is 1.70. The maximum absolute atomic E-state index is 13.0. The fraction of sp³-hybridized carbons (Fsp3) is 0.500. The molecule has 1 aromatic heterocycles. The van der Waals surface area contributed by atoms with Gasteiger partial charge in [0.1, 0.15) is 5.78 Å². The molecule has 2 bridgehead atoms. The Kier molecular flexibility index (Phi) is 3.71. The van der Waals surface area contributed by atoms with Crippen molar-refractivity contribution >= 4 is 32.4 Å². The summed E-state index contributed by atoms with van der Waals surface area (Å²) in [6, 6.07) is 9.21. The molecule has 2 atom stereocenters. The number of benzene rings is 1. The molecule has 1 heterocycles. The van der Waals surface area contributed by atoms with Crippen LogP contribution in [0.5, 0.6) is 0 Å². The van der Waals surface area contributed by atoms with Crippen molar-refractivity contribution in [1.82, 2.24) is 4.98 Å². The number of sulfonamides is 1. The summed E-state index contributed by atoms with van der Waals surface area (Å²) in [7, 11) is -3.67. The van der Waals surface area contributed by atoms with Gasteiger partial charge in [0.15, 0.2) is 0 Å². The Morgan fingerprint density at radius 2 is 2.00 bits per heavy atom. The minimum atomic E-state index is -3.67. The van der Waals surface area contributed by atoms with Gasteiger partial charge in [-0.2, -0.15) is 0 Å². The zero-order valence-electron chi connectivity index (χ0n) is 15.4. The quantitative estimate of drug-likeness (QED) is 0.888. The second kappa shape index (κ2) is 5.52. The van der Waals surface area contributed by atoms with Crippen molar-refractivity contribution in [3.63, 3.8) is 0 Å². The molecule has 2 aliphatic rings. The fourth-order valence-corrected chi connectivity index (χ4v) is 6.93. The van der Waals surface area contributed by atoms with E-state index >= 15 is 0 Å². The van der Waals surface area contributed by atoms with E-state index in [2.05, 4.69) is 23.6 Å². The summed E-state index contributed by atoms with van der Waals surface area (Å²) in [5.74, 6) is 0.270. The highest BCUT2D eigenvalue weighted by Crippen LogP contribution is 2.64. The average Bonchev–Trinajstić information content (AvgIpc) is 2.88. The standard InChI is InChI=1S/C20H24N2O3S/c1-13-10-17(15-6-4-5-7-16(15)21-13)22-26(24,25)12-20-9-8-14(11-18(20)23)19(20,2)3/h4-7,10,14H,8-9,11-12H2,1-3H3,(H,21,22)/t14-,20+/m0/s1. The van der Waals surface area contributed by atoms with E-state index in [1.807, 2.05) is 31.2 Å². The van der Waals surface area contributed by atoms with Gasteiger partial charge in [0.25, 0.3) is 0 Å². The Morgan fingerprint density at radius 1 is 1.27 bits per heavy atom. The molecule has 138 valence electrons. The number of hydrogen-bond donors (Lipinski definition) is 1. The topological polar surface area (TPSA) is 76.1 Å². The predicted molar refractivity (Wildman–Crippen MR) is 102 cm³/mol. The first-order chi connectivity index (χ1) is 12.1. The summed E-state index contributed by atoms with van der Waals surface area (Å²) < 4.78 is 28.8. The highest BCUT2D eigenvalue weighted by molar-refractivity contribution is 7.92. The lowest BCUT2D eigenvalue weighted by atomic mass is 9.70. The Morgan fingerprint density at radius 3 is 2.65 bits per heavy atom. The largest absolute Gasteiger partial charge is 0.299 e. The van der Waals surface area contributed by atoms with Gasteiger partial charge in [0.2, 0.25) is 10.0 Å². The first-order valence-corrected chi connectivity index (χ1v) is 10.7. The molecule has 1 N–H and O–H groups in total. The summed E-state index contributed by atoms with van der Waals surface area (Å²) in [6.45, 7) is 5.95. The second-order valence-corrected chi connectivity index (χ2v) is 10.1. The van der Waals surface area contributed by atoms with Crippen LogP contribution in [0, 0.1) is 23.7 Å². The van der Waals surface area contributed by atoms with Crippen molar-refractivity contribution in [3.05, 3.63) is 36.0 Å². The Bertz CT molecular complexity index is 1010. The molecule has 0 saturated heterocycles. The van der Waals surface area contributed by atoms with E-state index in [1.54, 1.807) is 6.07 Å². The third-order valence-corrected chi connectivity index (χ3v) is 8.09. The van der Waals surface area contributed by atoms with Crippen LogP contribution in [0.4, 0.5) is 5.69 Å². The summed E-state index contributed by atoms with van der Waals surface area (Å²) in [5.41, 5.74) is 0.998. The molecular formula is C20H24N2O3S. The molecule has 5 nitrogen and oxygen atoms in total. The van der Waals surface area contributed by atoms with Crippen LogP contribution in [-0.4, -0.2) is 24.9 Å². The van der Waals surface area contributed by atoms with E-state index in [1.165, 1.54) is 0 Å². The van der Waals surface area contributed by atoms with Gasteiger partial charge in [-0.3, -0.25) is 14.5 Å². The average molecular weight is 372 g/mol. The minimum Gasteiger partial charge on any atom is -0.299 e. The number of para-hydroxylation sites is 1. The highest BCUT2D eigenvalue weighted by Gasteiger charge is 2.65. The van der Waals surface area contributed by atoms with Gasteiger partial charge >= 0.3 is 0 Å². The number of aryl methyl sites for hydroxylation is 1. The number of nitrogens with zero attached hydrogens (tertiary/aromatic N) is 1. The van der Waals surface area contributed by atoms with Crippen LogP contribution in [0.2, 0.25) is 0 Å². The molecule has 4 rings (SSSR count). The minimum absolute atomic E-state index is 0.111. The lowest BCUT2D eigenvalue weighted by Gasteiger charge is -2.36. The van der Waals surface area contributed by atoms with Crippen molar-refractivity contribution < 1.29 is 13.2 Å². The molecule has 1 aromatic carbocycles. The SMILES string of the molecule is Cc1cc(NS(=O)(=O)C[C@]23CC[C@@H](CC2=O)C3(C)C)c2ccccc2n1. The maximum atomic E-state index is 13.0. The zero-order valence-corrected chi connectivity index (χ0v) is 16.2. The number of nitrogens with one attached hydrogen (secondary N) is 1. The van der Waals surface area contributed by atoms with Gasteiger partial charge < -0.3 is 0 Å². The zero-order chi connectivity index (χ0) is 18.7. The van der Waals surface area contributed by atoms with Gasteiger partial charge in [-0.05, 0) is 43.2 Å². The van der Waals surface area contributed by atoms with E-state index in [9.17, 15) is 13.2 Å². The third-order valence-electron chi connectivity index (χ3n) is 6.69. The lowest BCUT2D eigenvalue weighted by Crippen LogP contribution is -2.43. The van der Waals surface area contributed by atoms with Gasteiger partial charge in [-0.25, -0.2) is 8.42 Å². The fourth-order valence-electron chi connectivity index (χ4n) is 5.03. The molecule has 0 unspecified atom stereocenters. The maximum Gasteiger partial charge on any atom is 0.233 e. The van der Waals surface area contributed by atoms with Crippen LogP contribution in [0.1, 0.15) is 38.8 Å². The lowest BCUT2D eigenvalue weighted by molar-refractivity contribution is -0.128. The first-order valence-electron chi connectivity index (χ1n) is 9.05. The molecule has 0 amide bonds. The normalized spacial score (nSPS) is 27.2. The summed E-state index contributed by atoms with van der Waals surface area (Å²) in [6.07, 6.45) is 2.12. The Labute approximate surface area is 154 Å². The summed E-state index contributed by atoms with van der Waals surface area (Å²) in [4.78, 5) is 17.1. The van der Waals surface area contributed by atoms with Crippen molar-refractivity contribution in [3.8, 4) is 0 Å². The smallest absolute Gasteiger partial charge is 0.233 e. The number of fused-ring (bicyclic) bond motifs is 3. The Hall–Kier alpha value is -1.95. The van der Waals surface area contributed by atoms with Crippen molar-refractivity contribution in [2.45, 2.75) is 40.0 Å². The predicted octanol–water partition coefficient (Wildman–Crippen LogP) is 3.68. The number of carbonyl (C=O) groups is 1. The molecule has 2 saturated carbocycles. The number of pyridine rings is 1. The molecule has 2 aliphatic carbocycles. The molecule has 0 spiro atoms. The van der Waals surface area contributed by atoms with Gasteiger partial charge in [0.05, 0.1) is 22.4 Å². The number of rotatable bonds is 4. The van der Waals surface area contributed by atoms with Crippen LogP contribution in [0.25, 0.3) is 10.9 Å². The van der Waals surface area contributed by atoms with E-state index in [4.69, 9.17) is 0 Å². The van der Waals surface area contributed by atoms with Crippen LogP contribution in [0.3, 0.4) is 0 Å². The van der Waals surface area contributed by atoms with Crippen LogP contribution < -0.4 is 4.72 Å². The van der Waals surface area contributed by atoms with Gasteiger partial charge in [-0.1, -0.05) is 32.0 Å². The van der Waals surface area contributed by atoms with Crippen LogP contribution >= 0.6 is 0 Å². The number of Topliss-reactive ketones (excluding diaryl/α,β-unsaturated/α-hetero) is 1. The third kappa shape index (κ3) is 2.46. The monoisotopic (exact) mass is 372 g/mol. The van der Waals surface area contributed by atoms with E-state index in [0.717, 1.165) is 23.0 Å². The van der Waals surface area contributed by atoms with Gasteiger partial charge in [-0.15, -0.1) is 0 Å². The van der Waals surface area contributed by atoms with Gasteiger partial charge in [0, 0.05) is 17.5 Å². The summed E-state index contributed by atoms with van der Waals surface area (Å²) >= 11 is 0. The number of anilines is 1. The van der Waals surface area contributed by atoms with Crippen LogP contribution in [-0.2, 0) is 14.8 Å². The van der Waals surface area contributed by atoms with Crippen molar-refractivity contribution in [2.75, 3.05) is 10.5 Å². The molecule has 2 aromatic rings. The number of ketones is 1. The van der Waals surface area contributed by atoms with E-state index in [0.29, 0.717) is 24.4 Å². The molecule has 0 radical (unpaired) electrons. The van der Waals surface area contributed by atoms with Crippen molar-refractivity contribution in [1.29, 1.82) is 0 Å². The molecule has 26 heavy (non-hydrogen) atoms. The van der Waals surface area contributed by atoms with Crippen LogP contribution in [0.15, 0.2) is 30.3 Å².